The number of hydrogen-bond donors (Lipinski definition) is 2. The Hall–Kier alpha value is -1.79. The number of carbonyl (C=O) groups excluding carboxylic acids is 1. The summed E-state index contributed by atoms with van der Waals surface area (Å²) in [4.78, 5) is 16.5. The molecule has 98 valence electrons. The van der Waals surface area contributed by atoms with Gasteiger partial charge in [0.05, 0.1) is 6.54 Å². The summed E-state index contributed by atoms with van der Waals surface area (Å²) < 4.78 is 0. The van der Waals surface area contributed by atoms with Crippen LogP contribution in [0.1, 0.15) is 26.6 Å². The minimum atomic E-state index is -0.137. The Bertz CT molecular complexity index is 605. The van der Waals surface area contributed by atoms with Gasteiger partial charge < -0.3 is 11.1 Å². The van der Waals surface area contributed by atoms with Crippen molar-refractivity contribution in [2.45, 2.75) is 13.5 Å². The number of carbonyl (C=O) groups is 1. The van der Waals surface area contributed by atoms with Crippen LogP contribution in [0.25, 0.3) is 0 Å². The van der Waals surface area contributed by atoms with Crippen molar-refractivity contribution < 1.29 is 4.79 Å². The fraction of sp³-hybridized carbons (Fsp3) is 0.154. The Morgan fingerprint density at radius 2 is 2.00 bits per heavy atom. The molecular weight excluding hydrogens is 278 g/mol. The number of nitrogens with one attached hydrogen (secondary N) is 1. The molecule has 0 saturated carbocycles. The maximum atomic E-state index is 11.9. The van der Waals surface area contributed by atoms with Crippen LogP contribution < -0.4 is 11.1 Å². The summed E-state index contributed by atoms with van der Waals surface area (Å²) in [5, 5.41) is 5.67. The van der Waals surface area contributed by atoms with Crippen molar-refractivity contribution in [2.24, 2.45) is 5.73 Å². The van der Waals surface area contributed by atoms with Gasteiger partial charge in [0.15, 0.2) is 0 Å². The predicted octanol–water partition coefficient (Wildman–Crippen LogP) is 2.02. The molecule has 0 aliphatic rings. The SMILES string of the molecule is Cc1csc(CNC(=O)c2ccc(C(N)=S)cc2)n1. The molecule has 6 heteroatoms. The Labute approximate surface area is 120 Å². The van der Waals surface area contributed by atoms with E-state index >= 15 is 0 Å². The van der Waals surface area contributed by atoms with Gasteiger partial charge in [0.2, 0.25) is 0 Å². The molecule has 19 heavy (non-hydrogen) atoms. The highest BCUT2D eigenvalue weighted by atomic mass is 32.1. The number of aryl methyl sites for hydroxylation is 1. The van der Waals surface area contributed by atoms with Crippen molar-refractivity contribution in [3.05, 3.63) is 51.5 Å². The molecule has 0 radical (unpaired) electrons. The topological polar surface area (TPSA) is 68.0 Å². The van der Waals surface area contributed by atoms with Crippen LogP contribution in [0.3, 0.4) is 0 Å². The molecule has 4 nitrogen and oxygen atoms in total. The lowest BCUT2D eigenvalue weighted by atomic mass is 10.1. The van der Waals surface area contributed by atoms with Gasteiger partial charge in [-0.2, -0.15) is 0 Å². The maximum absolute atomic E-state index is 11.9. The molecule has 0 aliphatic heterocycles. The summed E-state index contributed by atoms with van der Waals surface area (Å²) >= 11 is 6.39. The third-order valence-electron chi connectivity index (χ3n) is 2.50. The number of amides is 1. The number of rotatable bonds is 4. The highest BCUT2D eigenvalue weighted by Crippen LogP contribution is 2.09. The van der Waals surface area contributed by atoms with Crippen LogP contribution in [0.5, 0.6) is 0 Å². The quantitative estimate of drug-likeness (QED) is 0.846. The van der Waals surface area contributed by atoms with Crippen molar-refractivity contribution in [3.8, 4) is 0 Å². The molecule has 0 spiro atoms. The van der Waals surface area contributed by atoms with Crippen molar-refractivity contribution in [3.63, 3.8) is 0 Å². The number of benzene rings is 1. The van der Waals surface area contributed by atoms with E-state index in [4.69, 9.17) is 18.0 Å². The highest BCUT2D eigenvalue weighted by molar-refractivity contribution is 7.80. The van der Waals surface area contributed by atoms with E-state index in [2.05, 4.69) is 10.3 Å². The van der Waals surface area contributed by atoms with Crippen LogP contribution in [-0.4, -0.2) is 15.9 Å². The number of nitrogens with two attached hydrogens (primary N) is 1. The Kier molecular flexibility index (Phi) is 4.24. The lowest BCUT2D eigenvalue weighted by Crippen LogP contribution is -2.22. The molecule has 0 fully saturated rings. The molecule has 0 bridgehead atoms. The third-order valence-corrected chi connectivity index (χ3v) is 3.70. The summed E-state index contributed by atoms with van der Waals surface area (Å²) in [5.74, 6) is -0.137. The van der Waals surface area contributed by atoms with Gasteiger partial charge in [0.1, 0.15) is 10.00 Å². The Balaban J connectivity index is 1.98. The second-order valence-electron chi connectivity index (χ2n) is 4.01. The molecule has 3 N–H and O–H groups in total. The molecule has 1 aromatic heterocycles. The smallest absolute Gasteiger partial charge is 0.251 e. The molecule has 0 atom stereocenters. The monoisotopic (exact) mass is 291 g/mol. The second kappa shape index (κ2) is 5.90. The highest BCUT2D eigenvalue weighted by Gasteiger charge is 2.07. The molecule has 0 unspecified atom stereocenters. The normalized spacial score (nSPS) is 10.2. The number of hydrogen-bond acceptors (Lipinski definition) is 4. The first kappa shape index (κ1) is 13.6. The van der Waals surface area contributed by atoms with Gasteiger partial charge in [0, 0.05) is 22.2 Å². The first-order valence-corrected chi connectivity index (χ1v) is 6.94. The average molecular weight is 291 g/mol. The average Bonchev–Trinajstić information content (AvgIpc) is 2.82. The van der Waals surface area contributed by atoms with E-state index in [-0.39, 0.29) is 5.91 Å². The molecule has 1 aromatic carbocycles. The third kappa shape index (κ3) is 3.59. The molecular formula is C13H13N3OS2. The van der Waals surface area contributed by atoms with E-state index < -0.39 is 0 Å². The summed E-state index contributed by atoms with van der Waals surface area (Å²) in [6.45, 7) is 2.37. The summed E-state index contributed by atoms with van der Waals surface area (Å²) in [5.41, 5.74) is 7.80. The fourth-order valence-electron chi connectivity index (χ4n) is 1.53. The Morgan fingerprint density at radius 3 is 2.53 bits per heavy atom. The van der Waals surface area contributed by atoms with Crippen LogP contribution in [0.4, 0.5) is 0 Å². The van der Waals surface area contributed by atoms with Crippen LogP contribution in [0.2, 0.25) is 0 Å². The zero-order valence-corrected chi connectivity index (χ0v) is 12.0. The molecule has 2 rings (SSSR count). The van der Waals surface area contributed by atoms with E-state index in [9.17, 15) is 4.79 Å². The van der Waals surface area contributed by atoms with Crippen LogP contribution in [-0.2, 0) is 6.54 Å². The second-order valence-corrected chi connectivity index (χ2v) is 5.39. The lowest BCUT2D eigenvalue weighted by molar-refractivity contribution is 0.0951. The maximum Gasteiger partial charge on any atom is 0.251 e. The van der Waals surface area contributed by atoms with Gasteiger partial charge in [0.25, 0.3) is 5.91 Å². The van der Waals surface area contributed by atoms with Crippen molar-refractivity contribution >= 4 is 34.5 Å². The van der Waals surface area contributed by atoms with Gasteiger partial charge in [-0.15, -0.1) is 11.3 Å². The minimum Gasteiger partial charge on any atom is -0.389 e. The fourth-order valence-corrected chi connectivity index (χ4v) is 2.38. The van der Waals surface area contributed by atoms with Crippen molar-refractivity contribution in [1.82, 2.24) is 10.3 Å². The zero-order chi connectivity index (χ0) is 13.8. The lowest BCUT2D eigenvalue weighted by Gasteiger charge is -2.04. The van der Waals surface area contributed by atoms with Crippen molar-refractivity contribution in [2.75, 3.05) is 0 Å². The van der Waals surface area contributed by atoms with Crippen LogP contribution in [0, 0.1) is 6.92 Å². The number of thiocarbonyl (C=S) groups is 1. The predicted molar refractivity (Wildman–Crippen MR) is 80.4 cm³/mol. The Morgan fingerprint density at radius 1 is 1.37 bits per heavy atom. The molecule has 1 heterocycles. The first-order chi connectivity index (χ1) is 9.06. The van der Waals surface area contributed by atoms with Gasteiger partial charge >= 0.3 is 0 Å². The number of aromatic nitrogens is 1. The summed E-state index contributed by atoms with van der Waals surface area (Å²) in [7, 11) is 0. The van der Waals surface area contributed by atoms with Crippen molar-refractivity contribution in [1.29, 1.82) is 0 Å². The van der Waals surface area contributed by atoms with Gasteiger partial charge in [-0.05, 0) is 19.1 Å². The summed E-state index contributed by atoms with van der Waals surface area (Å²) in [6.07, 6.45) is 0. The summed E-state index contributed by atoms with van der Waals surface area (Å²) in [6, 6.07) is 6.89. The molecule has 0 aliphatic carbocycles. The minimum absolute atomic E-state index is 0.137. The van der Waals surface area contributed by atoms with E-state index in [1.807, 2.05) is 12.3 Å². The van der Waals surface area contributed by atoms with Crippen LogP contribution in [0.15, 0.2) is 29.6 Å². The molecule has 2 aromatic rings. The molecule has 0 saturated heterocycles. The van der Waals surface area contributed by atoms with Gasteiger partial charge in [-0.25, -0.2) is 4.98 Å². The van der Waals surface area contributed by atoms with E-state index in [1.54, 1.807) is 24.3 Å². The van der Waals surface area contributed by atoms with E-state index in [0.717, 1.165) is 16.3 Å². The zero-order valence-electron chi connectivity index (χ0n) is 10.3. The largest absolute Gasteiger partial charge is 0.389 e. The number of thiazole rings is 1. The number of nitrogens with zero attached hydrogens (tertiary/aromatic N) is 1. The van der Waals surface area contributed by atoms with Crippen LogP contribution >= 0.6 is 23.6 Å². The standard InChI is InChI=1S/C13H13N3OS2/c1-8-7-19-11(16-8)6-15-13(17)10-4-2-9(3-5-10)12(14)18/h2-5,7H,6H2,1H3,(H2,14,18)(H,15,17). The van der Waals surface area contributed by atoms with Gasteiger partial charge in [-0.3, -0.25) is 4.79 Å². The molecule has 1 amide bonds. The van der Waals surface area contributed by atoms with E-state index in [1.165, 1.54) is 11.3 Å². The van der Waals surface area contributed by atoms with Gasteiger partial charge in [-0.1, -0.05) is 24.4 Å². The van der Waals surface area contributed by atoms with E-state index in [0.29, 0.717) is 17.1 Å². The first-order valence-electron chi connectivity index (χ1n) is 5.65.